The Kier molecular flexibility index (Phi) is 2.45. The molecule has 0 amide bonds. The number of aromatic hydroxyl groups is 1. The van der Waals surface area contributed by atoms with Crippen LogP contribution in [0.3, 0.4) is 0 Å². The highest BCUT2D eigenvalue weighted by Gasteiger charge is 2.52. The molecule has 0 aromatic heterocycles. The van der Waals surface area contributed by atoms with Crippen molar-refractivity contribution in [1.29, 1.82) is 0 Å². The van der Waals surface area contributed by atoms with E-state index < -0.39 is 5.82 Å². The highest BCUT2D eigenvalue weighted by atomic mass is 19.1. The number of rotatable bonds is 3. The molecule has 1 fully saturated rings. The van der Waals surface area contributed by atoms with E-state index in [2.05, 4.69) is 13.8 Å². The summed E-state index contributed by atoms with van der Waals surface area (Å²) in [5.74, 6) is -0.0480. The molecule has 1 N–H and O–H groups in total. The molecule has 0 heterocycles. The second kappa shape index (κ2) is 3.51. The summed E-state index contributed by atoms with van der Waals surface area (Å²) in [5, 5.41) is 9.37. The van der Waals surface area contributed by atoms with Crippen LogP contribution in [0.4, 0.5) is 4.39 Å². The first-order valence-corrected chi connectivity index (χ1v) is 5.63. The summed E-state index contributed by atoms with van der Waals surface area (Å²) in [4.78, 5) is 0. The van der Waals surface area contributed by atoms with Gasteiger partial charge in [-0.2, -0.15) is 0 Å². The van der Waals surface area contributed by atoms with Gasteiger partial charge in [0.1, 0.15) is 0 Å². The third-order valence-electron chi connectivity index (χ3n) is 3.88. The predicted molar refractivity (Wildman–Crippen MR) is 58.4 cm³/mol. The molecule has 0 spiro atoms. The standard InChI is InChI=1S/C13H17FO/c1-3-9-8-13(9,4-2)10-5-6-11(14)12(15)7-10/h5-7,9,15H,3-4,8H2,1-2H3. The van der Waals surface area contributed by atoms with Crippen LogP contribution < -0.4 is 0 Å². The first kappa shape index (κ1) is 10.5. The Bertz CT molecular complexity index is 375. The largest absolute Gasteiger partial charge is 0.505 e. The Morgan fingerprint density at radius 3 is 2.67 bits per heavy atom. The van der Waals surface area contributed by atoms with Crippen LogP contribution in [0.1, 0.15) is 38.7 Å². The molecule has 82 valence electrons. The van der Waals surface area contributed by atoms with Crippen LogP contribution in [0.5, 0.6) is 5.75 Å². The SMILES string of the molecule is CCC1CC1(CC)c1ccc(F)c(O)c1. The van der Waals surface area contributed by atoms with Gasteiger partial charge in [0.15, 0.2) is 11.6 Å². The van der Waals surface area contributed by atoms with Crippen LogP contribution in [-0.2, 0) is 5.41 Å². The van der Waals surface area contributed by atoms with Gasteiger partial charge in [-0.3, -0.25) is 0 Å². The molecule has 2 atom stereocenters. The van der Waals surface area contributed by atoms with Crippen molar-refractivity contribution in [2.24, 2.45) is 5.92 Å². The summed E-state index contributed by atoms with van der Waals surface area (Å²) in [6.07, 6.45) is 3.40. The van der Waals surface area contributed by atoms with Crippen LogP contribution in [-0.4, -0.2) is 5.11 Å². The molecule has 0 bridgehead atoms. The third-order valence-corrected chi connectivity index (χ3v) is 3.88. The first-order valence-electron chi connectivity index (χ1n) is 5.63. The van der Waals surface area contributed by atoms with E-state index in [4.69, 9.17) is 0 Å². The van der Waals surface area contributed by atoms with Gasteiger partial charge < -0.3 is 5.11 Å². The molecule has 1 aliphatic rings. The summed E-state index contributed by atoms with van der Waals surface area (Å²) >= 11 is 0. The van der Waals surface area contributed by atoms with Crippen LogP contribution in [0.2, 0.25) is 0 Å². The van der Waals surface area contributed by atoms with Crippen molar-refractivity contribution >= 4 is 0 Å². The highest BCUT2D eigenvalue weighted by molar-refractivity contribution is 5.39. The summed E-state index contributed by atoms with van der Waals surface area (Å²) in [6.45, 7) is 4.35. The lowest BCUT2D eigenvalue weighted by Crippen LogP contribution is -2.08. The number of phenolic OH excluding ortho intramolecular Hbond substituents is 1. The van der Waals surface area contributed by atoms with E-state index in [0.717, 1.165) is 18.4 Å². The minimum atomic E-state index is -0.529. The number of phenols is 1. The van der Waals surface area contributed by atoms with Crippen molar-refractivity contribution in [3.8, 4) is 5.75 Å². The molecule has 1 aromatic rings. The van der Waals surface area contributed by atoms with Crippen molar-refractivity contribution in [2.75, 3.05) is 0 Å². The number of hydrogen-bond donors (Lipinski definition) is 1. The maximum Gasteiger partial charge on any atom is 0.164 e. The predicted octanol–water partition coefficient (Wildman–Crippen LogP) is 3.61. The van der Waals surface area contributed by atoms with Gasteiger partial charge in [-0.1, -0.05) is 26.3 Å². The van der Waals surface area contributed by atoms with Crippen molar-refractivity contribution in [1.82, 2.24) is 0 Å². The maximum absolute atomic E-state index is 12.9. The molecular weight excluding hydrogens is 191 g/mol. The van der Waals surface area contributed by atoms with Crippen molar-refractivity contribution < 1.29 is 9.50 Å². The second-order valence-corrected chi connectivity index (χ2v) is 4.49. The Labute approximate surface area is 89.9 Å². The van der Waals surface area contributed by atoms with Gasteiger partial charge in [0.25, 0.3) is 0 Å². The van der Waals surface area contributed by atoms with Gasteiger partial charge in [-0.15, -0.1) is 0 Å². The smallest absolute Gasteiger partial charge is 0.164 e. The van der Waals surface area contributed by atoms with E-state index in [1.807, 2.05) is 6.07 Å². The lowest BCUT2D eigenvalue weighted by atomic mass is 9.89. The lowest BCUT2D eigenvalue weighted by molar-refractivity contribution is 0.429. The fourth-order valence-electron chi connectivity index (χ4n) is 2.73. The second-order valence-electron chi connectivity index (χ2n) is 4.49. The van der Waals surface area contributed by atoms with Gasteiger partial charge >= 0.3 is 0 Å². The quantitative estimate of drug-likeness (QED) is 0.804. The molecular formula is C13H17FO. The Morgan fingerprint density at radius 2 is 2.20 bits per heavy atom. The fourth-order valence-corrected chi connectivity index (χ4v) is 2.73. The zero-order valence-corrected chi connectivity index (χ0v) is 9.26. The molecule has 0 saturated heterocycles. The van der Waals surface area contributed by atoms with Crippen LogP contribution in [0.25, 0.3) is 0 Å². The van der Waals surface area contributed by atoms with Crippen molar-refractivity contribution in [2.45, 2.75) is 38.5 Å². The van der Waals surface area contributed by atoms with E-state index in [1.54, 1.807) is 6.07 Å². The average Bonchev–Trinajstić information content (AvgIpc) is 2.97. The van der Waals surface area contributed by atoms with E-state index in [1.165, 1.54) is 12.5 Å². The Balaban J connectivity index is 2.33. The van der Waals surface area contributed by atoms with Gasteiger partial charge in [-0.25, -0.2) is 4.39 Å². The molecule has 15 heavy (non-hydrogen) atoms. The van der Waals surface area contributed by atoms with Crippen LogP contribution in [0.15, 0.2) is 18.2 Å². The fraction of sp³-hybridized carbons (Fsp3) is 0.538. The minimum absolute atomic E-state index is 0.208. The molecule has 2 heteroatoms. The molecule has 2 rings (SSSR count). The molecule has 1 aromatic carbocycles. The Hall–Kier alpha value is -1.05. The third kappa shape index (κ3) is 1.52. The van der Waals surface area contributed by atoms with Crippen LogP contribution in [0, 0.1) is 11.7 Å². The normalized spacial score (nSPS) is 29.1. The lowest BCUT2D eigenvalue weighted by Gasteiger charge is -2.15. The summed E-state index contributed by atoms with van der Waals surface area (Å²) in [5.41, 5.74) is 1.30. The minimum Gasteiger partial charge on any atom is -0.505 e. The molecule has 0 radical (unpaired) electrons. The van der Waals surface area contributed by atoms with Crippen molar-refractivity contribution in [3.63, 3.8) is 0 Å². The molecule has 1 saturated carbocycles. The van der Waals surface area contributed by atoms with E-state index in [0.29, 0.717) is 5.92 Å². The average molecular weight is 208 g/mol. The number of benzene rings is 1. The highest BCUT2D eigenvalue weighted by Crippen LogP contribution is 2.58. The molecule has 0 aliphatic heterocycles. The van der Waals surface area contributed by atoms with Gasteiger partial charge in [0.2, 0.25) is 0 Å². The van der Waals surface area contributed by atoms with E-state index in [-0.39, 0.29) is 11.2 Å². The Morgan fingerprint density at radius 1 is 1.47 bits per heavy atom. The van der Waals surface area contributed by atoms with Crippen molar-refractivity contribution in [3.05, 3.63) is 29.6 Å². The zero-order valence-electron chi connectivity index (χ0n) is 9.26. The molecule has 1 aliphatic carbocycles. The summed E-state index contributed by atoms with van der Waals surface area (Å²) in [6, 6.07) is 4.77. The van der Waals surface area contributed by atoms with Gasteiger partial charge in [0.05, 0.1) is 0 Å². The summed E-state index contributed by atoms with van der Waals surface area (Å²) in [7, 11) is 0. The number of halogens is 1. The van der Waals surface area contributed by atoms with E-state index in [9.17, 15) is 9.50 Å². The topological polar surface area (TPSA) is 20.2 Å². The monoisotopic (exact) mass is 208 g/mol. The molecule has 1 nitrogen and oxygen atoms in total. The maximum atomic E-state index is 12.9. The summed E-state index contributed by atoms with van der Waals surface area (Å²) < 4.78 is 12.9. The molecule has 2 unspecified atom stereocenters. The van der Waals surface area contributed by atoms with Crippen LogP contribution >= 0.6 is 0 Å². The van der Waals surface area contributed by atoms with Gasteiger partial charge in [-0.05, 0) is 41.9 Å². The zero-order chi connectivity index (χ0) is 11.1. The number of hydrogen-bond acceptors (Lipinski definition) is 1. The van der Waals surface area contributed by atoms with Gasteiger partial charge in [0, 0.05) is 0 Å². The first-order chi connectivity index (χ1) is 7.14. The van der Waals surface area contributed by atoms with E-state index >= 15 is 0 Å².